The van der Waals surface area contributed by atoms with Crippen LogP contribution in [0.3, 0.4) is 0 Å². The highest BCUT2D eigenvalue weighted by atomic mass is 32.2. The van der Waals surface area contributed by atoms with Crippen molar-refractivity contribution >= 4 is 26.6 Å². The molecule has 0 fully saturated rings. The number of hydrogen-bond acceptors (Lipinski definition) is 4. The third-order valence-corrected chi connectivity index (χ3v) is 5.35. The first-order chi connectivity index (χ1) is 11.8. The molecule has 0 spiro atoms. The van der Waals surface area contributed by atoms with Crippen LogP contribution in [-0.4, -0.2) is 23.7 Å². The summed E-state index contributed by atoms with van der Waals surface area (Å²) in [5, 5.41) is 0.543. The molecular formula is C18H19N3O3S. The molecule has 0 radical (unpaired) electrons. The molecule has 2 aromatic carbocycles. The van der Waals surface area contributed by atoms with Gasteiger partial charge in [-0.1, -0.05) is 12.1 Å². The standard InChI is InChI=1S/C18H19N3O3S/c1-4-25(23,24)20-16-10-9-14(11-12(16)2)21-13(3)19-17-8-6-5-7-15(17)18(21)22/h5-11,20H,4H2,1-3H3. The number of fused-ring (bicyclic) bond motifs is 1. The minimum atomic E-state index is -3.35. The van der Waals surface area contributed by atoms with Crippen LogP contribution in [0.2, 0.25) is 0 Å². The van der Waals surface area contributed by atoms with E-state index in [1.165, 1.54) is 4.57 Å². The van der Waals surface area contributed by atoms with E-state index in [0.29, 0.717) is 28.1 Å². The van der Waals surface area contributed by atoms with Gasteiger partial charge >= 0.3 is 0 Å². The Hall–Kier alpha value is -2.67. The average molecular weight is 357 g/mol. The van der Waals surface area contributed by atoms with Crippen molar-refractivity contribution in [1.29, 1.82) is 0 Å². The van der Waals surface area contributed by atoms with Gasteiger partial charge in [0.2, 0.25) is 10.0 Å². The fourth-order valence-electron chi connectivity index (χ4n) is 2.69. The van der Waals surface area contributed by atoms with Gasteiger partial charge in [-0.05, 0) is 56.7 Å². The van der Waals surface area contributed by atoms with Crippen LogP contribution >= 0.6 is 0 Å². The second-order valence-corrected chi connectivity index (χ2v) is 7.83. The zero-order valence-corrected chi connectivity index (χ0v) is 15.1. The van der Waals surface area contributed by atoms with Crippen molar-refractivity contribution in [1.82, 2.24) is 9.55 Å². The van der Waals surface area contributed by atoms with Crippen molar-refractivity contribution in [3.63, 3.8) is 0 Å². The van der Waals surface area contributed by atoms with E-state index in [0.717, 1.165) is 5.56 Å². The van der Waals surface area contributed by atoms with Gasteiger partial charge < -0.3 is 0 Å². The summed E-state index contributed by atoms with van der Waals surface area (Å²) < 4.78 is 27.6. The number of sulfonamides is 1. The molecule has 0 saturated carbocycles. The number of para-hydroxylation sites is 1. The maximum Gasteiger partial charge on any atom is 0.265 e. The Morgan fingerprint density at radius 3 is 2.52 bits per heavy atom. The first-order valence-electron chi connectivity index (χ1n) is 7.92. The fraction of sp³-hybridized carbons (Fsp3) is 0.222. The lowest BCUT2D eigenvalue weighted by atomic mass is 10.1. The van der Waals surface area contributed by atoms with Gasteiger partial charge in [-0.25, -0.2) is 13.4 Å². The molecule has 0 unspecified atom stereocenters. The number of anilines is 1. The van der Waals surface area contributed by atoms with Crippen molar-refractivity contribution < 1.29 is 8.42 Å². The van der Waals surface area contributed by atoms with Crippen LogP contribution in [0.1, 0.15) is 18.3 Å². The highest BCUT2D eigenvalue weighted by Gasteiger charge is 2.13. The number of hydrogen-bond donors (Lipinski definition) is 1. The Balaban J connectivity index is 2.13. The molecule has 3 aromatic rings. The predicted molar refractivity (Wildman–Crippen MR) is 99.9 cm³/mol. The second-order valence-electron chi connectivity index (χ2n) is 5.82. The monoisotopic (exact) mass is 357 g/mol. The highest BCUT2D eigenvalue weighted by molar-refractivity contribution is 7.92. The van der Waals surface area contributed by atoms with E-state index in [1.54, 1.807) is 51.1 Å². The summed E-state index contributed by atoms with van der Waals surface area (Å²) in [7, 11) is -3.35. The molecule has 1 N–H and O–H groups in total. The lowest BCUT2D eigenvalue weighted by Crippen LogP contribution is -2.22. The minimum absolute atomic E-state index is 0.00134. The van der Waals surface area contributed by atoms with Gasteiger partial charge in [0.15, 0.2) is 0 Å². The van der Waals surface area contributed by atoms with Gasteiger partial charge in [0, 0.05) is 0 Å². The molecule has 1 aromatic heterocycles. The van der Waals surface area contributed by atoms with E-state index in [2.05, 4.69) is 9.71 Å². The molecule has 0 amide bonds. The molecule has 0 bridgehead atoms. The maximum atomic E-state index is 12.8. The Morgan fingerprint density at radius 2 is 1.84 bits per heavy atom. The zero-order chi connectivity index (χ0) is 18.2. The van der Waals surface area contributed by atoms with E-state index < -0.39 is 10.0 Å². The van der Waals surface area contributed by atoms with E-state index in [1.807, 2.05) is 12.1 Å². The second kappa shape index (κ2) is 6.33. The third kappa shape index (κ3) is 3.28. The Bertz CT molecular complexity index is 1120. The number of aryl methyl sites for hydroxylation is 2. The van der Waals surface area contributed by atoms with Crippen LogP contribution in [0.25, 0.3) is 16.6 Å². The lowest BCUT2D eigenvalue weighted by Gasteiger charge is -2.14. The molecule has 130 valence electrons. The highest BCUT2D eigenvalue weighted by Crippen LogP contribution is 2.21. The third-order valence-electron chi connectivity index (χ3n) is 4.06. The quantitative estimate of drug-likeness (QED) is 0.778. The van der Waals surface area contributed by atoms with Gasteiger partial charge in [0.05, 0.1) is 28.0 Å². The minimum Gasteiger partial charge on any atom is -0.283 e. The van der Waals surface area contributed by atoms with Crippen LogP contribution < -0.4 is 10.3 Å². The predicted octanol–water partition coefficient (Wildman–Crippen LogP) is 2.76. The van der Waals surface area contributed by atoms with Crippen LogP contribution in [0.15, 0.2) is 47.3 Å². The molecule has 0 aliphatic heterocycles. The number of nitrogens with zero attached hydrogens (tertiary/aromatic N) is 2. The van der Waals surface area contributed by atoms with E-state index >= 15 is 0 Å². The molecule has 0 atom stereocenters. The van der Waals surface area contributed by atoms with Crippen molar-refractivity contribution in [2.75, 3.05) is 10.5 Å². The molecule has 0 aliphatic rings. The topological polar surface area (TPSA) is 81.1 Å². The van der Waals surface area contributed by atoms with Crippen molar-refractivity contribution in [2.45, 2.75) is 20.8 Å². The Labute approximate surface area is 146 Å². The summed E-state index contributed by atoms with van der Waals surface area (Å²) in [5.74, 6) is 0.575. The molecule has 7 heteroatoms. The molecule has 0 aliphatic carbocycles. The average Bonchev–Trinajstić information content (AvgIpc) is 2.57. The summed E-state index contributed by atoms with van der Waals surface area (Å²) in [6.45, 7) is 5.15. The Morgan fingerprint density at radius 1 is 1.12 bits per heavy atom. The first kappa shape index (κ1) is 17.2. The molecule has 25 heavy (non-hydrogen) atoms. The summed E-state index contributed by atoms with van der Waals surface area (Å²) in [4.78, 5) is 17.3. The van der Waals surface area contributed by atoms with E-state index in [4.69, 9.17) is 0 Å². The summed E-state index contributed by atoms with van der Waals surface area (Å²) in [6.07, 6.45) is 0. The Kier molecular flexibility index (Phi) is 4.34. The maximum absolute atomic E-state index is 12.8. The molecule has 1 heterocycles. The number of benzene rings is 2. The summed E-state index contributed by atoms with van der Waals surface area (Å²) >= 11 is 0. The molecule has 3 rings (SSSR count). The van der Waals surface area contributed by atoms with Gasteiger partial charge in [0.25, 0.3) is 5.56 Å². The van der Waals surface area contributed by atoms with Gasteiger partial charge in [-0.15, -0.1) is 0 Å². The summed E-state index contributed by atoms with van der Waals surface area (Å²) in [6, 6.07) is 12.4. The van der Waals surface area contributed by atoms with Crippen LogP contribution in [-0.2, 0) is 10.0 Å². The zero-order valence-electron chi connectivity index (χ0n) is 14.3. The normalized spacial score (nSPS) is 11.6. The van der Waals surface area contributed by atoms with Gasteiger partial charge in [-0.3, -0.25) is 14.1 Å². The van der Waals surface area contributed by atoms with Crippen LogP contribution in [0.5, 0.6) is 0 Å². The van der Waals surface area contributed by atoms with Crippen molar-refractivity contribution in [3.8, 4) is 5.69 Å². The van der Waals surface area contributed by atoms with Crippen molar-refractivity contribution in [2.24, 2.45) is 0 Å². The number of aromatic nitrogens is 2. The molecule has 0 saturated heterocycles. The van der Waals surface area contributed by atoms with Gasteiger partial charge in [-0.2, -0.15) is 0 Å². The molecular weight excluding hydrogens is 338 g/mol. The smallest absolute Gasteiger partial charge is 0.265 e. The summed E-state index contributed by atoms with van der Waals surface area (Å²) in [5.41, 5.74) is 2.39. The molecule has 6 nitrogen and oxygen atoms in total. The SMILES string of the molecule is CCS(=O)(=O)Nc1ccc(-n2c(C)nc3ccccc3c2=O)cc1C. The number of nitrogens with one attached hydrogen (secondary N) is 1. The van der Waals surface area contributed by atoms with Crippen LogP contribution in [0, 0.1) is 13.8 Å². The van der Waals surface area contributed by atoms with E-state index in [-0.39, 0.29) is 11.3 Å². The first-order valence-corrected chi connectivity index (χ1v) is 9.57. The van der Waals surface area contributed by atoms with Gasteiger partial charge in [0.1, 0.15) is 5.82 Å². The van der Waals surface area contributed by atoms with Crippen molar-refractivity contribution in [3.05, 3.63) is 64.2 Å². The largest absolute Gasteiger partial charge is 0.283 e. The lowest BCUT2D eigenvalue weighted by molar-refractivity contribution is 0.602. The fourth-order valence-corrected chi connectivity index (χ4v) is 3.40. The van der Waals surface area contributed by atoms with Crippen LogP contribution in [0.4, 0.5) is 5.69 Å². The van der Waals surface area contributed by atoms with E-state index in [9.17, 15) is 13.2 Å². The number of rotatable bonds is 4.